The molecule has 1 nitrogen and oxygen atoms in total. The van der Waals surface area contributed by atoms with Gasteiger partial charge < -0.3 is 4.90 Å². The van der Waals surface area contributed by atoms with Crippen LogP contribution in [0, 0.1) is 0 Å². The Morgan fingerprint density at radius 2 is 0.649 bits per heavy atom. The first kappa shape index (κ1) is 34.0. The average Bonchev–Trinajstić information content (AvgIpc) is 3.30. The van der Waals surface area contributed by atoms with Gasteiger partial charge in [0, 0.05) is 16.9 Å². The van der Waals surface area contributed by atoms with E-state index in [-0.39, 0.29) is 0 Å². The highest BCUT2D eigenvalue weighted by molar-refractivity contribution is 6.08. The molecule has 0 N–H and O–H groups in total. The van der Waals surface area contributed by atoms with Crippen molar-refractivity contribution in [2.45, 2.75) is 0 Å². The zero-order chi connectivity index (χ0) is 38.0. The van der Waals surface area contributed by atoms with Gasteiger partial charge in [-0.1, -0.05) is 200 Å². The molecule has 10 rings (SSSR count). The van der Waals surface area contributed by atoms with Gasteiger partial charge in [-0.3, -0.25) is 0 Å². The van der Waals surface area contributed by atoms with E-state index in [2.05, 4.69) is 241 Å². The Labute approximate surface area is 334 Å². The van der Waals surface area contributed by atoms with Gasteiger partial charge >= 0.3 is 0 Å². The number of fused-ring (bicyclic) bond motifs is 3. The summed E-state index contributed by atoms with van der Waals surface area (Å²) >= 11 is 0. The van der Waals surface area contributed by atoms with Crippen LogP contribution in [-0.2, 0) is 0 Å². The van der Waals surface area contributed by atoms with E-state index >= 15 is 0 Å². The quantitative estimate of drug-likeness (QED) is 0.141. The highest BCUT2D eigenvalue weighted by atomic mass is 15.1. The summed E-state index contributed by atoms with van der Waals surface area (Å²) in [5, 5.41) is 5.08. The number of hydrogen-bond acceptors (Lipinski definition) is 1. The van der Waals surface area contributed by atoms with Crippen molar-refractivity contribution in [3.63, 3.8) is 0 Å². The molecule has 0 spiro atoms. The Bertz CT molecular complexity index is 2980. The fourth-order valence-electron chi connectivity index (χ4n) is 8.29. The van der Waals surface area contributed by atoms with Crippen molar-refractivity contribution in [3.8, 4) is 55.6 Å². The van der Waals surface area contributed by atoms with Gasteiger partial charge in [0.15, 0.2) is 0 Å². The maximum atomic E-state index is 2.40. The lowest BCUT2D eigenvalue weighted by molar-refractivity contribution is 1.28. The summed E-state index contributed by atoms with van der Waals surface area (Å²) in [7, 11) is 0. The van der Waals surface area contributed by atoms with E-state index in [0.717, 1.165) is 22.6 Å². The highest BCUT2D eigenvalue weighted by Crippen LogP contribution is 2.45. The van der Waals surface area contributed by atoms with Crippen molar-refractivity contribution < 1.29 is 0 Å². The van der Waals surface area contributed by atoms with Gasteiger partial charge in [0.25, 0.3) is 0 Å². The second kappa shape index (κ2) is 15.0. The second-order valence-corrected chi connectivity index (χ2v) is 14.5. The predicted octanol–water partition coefficient (Wildman–Crippen LogP) is 15.8. The molecule has 0 heterocycles. The molecule has 0 unspecified atom stereocenters. The fraction of sp³-hybridized carbons (Fsp3) is 0. The molecule has 0 bridgehead atoms. The predicted molar refractivity (Wildman–Crippen MR) is 243 cm³/mol. The lowest BCUT2D eigenvalue weighted by Gasteiger charge is -2.29. The van der Waals surface area contributed by atoms with Crippen LogP contribution < -0.4 is 4.90 Å². The number of para-hydroxylation sites is 1. The smallest absolute Gasteiger partial charge is 0.0540 e. The first-order chi connectivity index (χ1) is 28.3. The van der Waals surface area contributed by atoms with Crippen LogP contribution in [0.2, 0.25) is 0 Å². The summed E-state index contributed by atoms with van der Waals surface area (Å²) in [6.45, 7) is 0. The van der Waals surface area contributed by atoms with Crippen molar-refractivity contribution in [1.29, 1.82) is 0 Å². The van der Waals surface area contributed by atoms with E-state index in [0.29, 0.717) is 0 Å². The Kier molecular flexibility index (Phi) is 8.95. The topological polar surface area (TPSA) is 3.24 Å². The monoisotopic (exact) mass is 725 g/mol. The Morgan fingerprint density at radius 3 is 1.32 bits per heavy atom. The molecule has 0 saturated carbocycles. The van der Waals surface area contributed by atoms with Crippen molar-refractivity contribution in [2.24, 2.45) is 0 Å². The van der Waals surface area contributed by atoms with Crippen LogP contribution in [0.15, 0.2) is 237 Å². The molecule has 0 fully saturated rings. The lowest BCUT2D eigenvalue weighted by Crippen LogP contribution is -2.11. The van der Waals surface area contributed by atoms with Gasteiger partial charge in [0.1, 0.15) is 0 Å². The third kappa shape index (κ3) is 6.56. The van der Waals surface area contributed by atoms with E-state index in [1.54, 1.807) is 0 Å². The van der Waals surface area contributed by atoms with Gasteiger partial charge in [-0.2, -0.15) is 0 Å². The number of benzene rings is 10. The molecule has 0 aromatic heterocycles. The minimum atomic E-state index is 1.09. The van der Waals surface area contributed by atoms with Gasteiger partial charge in [0.2, 0.25) is 0 Å². The molecule has 0 aliphatic rings. The maximum Gasteiger partial charge on any atom is 0.0540 e. The first-order valence-corrected chi connectivity index (χ1v) is 19.6. The van der Waals surface area contributed by atoms with Gasteiger partial charge in [-0.25, -0.2) is 0 Å². The van der Waals surface area contributed by atoms with Crippen LogP contribution in [0.4, 0.5) is 17.1 Å². The van der Waals surface area contributed by atoms with E-state index in [4.69, 9.17) is 0 Å². The molecule has 1 heteroatoms. The summed E-state index contributed by atoms with van der Waals surface area (Å²) < 4.78 is 0. The minimum Gasteiger partial charge on any atom is -0.310 e. The molecule has 0 saturated heterocycles. The van der Waals surface area contributed by atoms with E-state index in [9.17, 15) is 0 Å². The summed E-state index contributed by atoms with van der Waals surface area (Å²) in [4.78, 5) is 2.40. The normalized spacial score (nSPS) is 11.2. The van der Waals surface area contributed by atoms with E-state index in [1.165, 1.54) is 71.6 Å². The fourth-order valence-corrected chi connectivity index (χ4v) is 8.29. The summed E-state index contributed by atoms with van der Waals surface area (Å²) in [6, 6.07) is 85.6. The highest BCUT2D eigenvalue weighted by Gasteiger charge is 2.20. The van der Waals surface area contributed by atoms with Crippen molar-refractivity contribution in [2.75, 3.05) is 4.90 Å². The molecule has 0 aliphatic carbocycles. The molecule has 0 radical (unpaired) electrons. The van der Waals surface area contributed by atoms with E-state index < -0.39 is 0 Å². The Balaban J connectivity index is 1.10. The maximum absolute atomic E-state index is 2.40. The molecular formula is C56H39N. The largest absolute Gasteiger partial charge is 0.310 e. The Morgan fingerprint density at radius 1 is 0.228 bits per heavy atom. The molecule has 0 atom stereocenters. The van der Waals surface area contributed by atoms with Crippen LogP contribution >= 0.6 is 0 Å². The number of rotatable bonds is 8. The number of nitrogens with zero attached hydrogens (tertiary/aromatic N) is 1. The van der Waals surface area contributed by atoms with Crippen molar-refractivity contribution in [3.05, 3.63) is 237 Å². The van der Waals surface area contributed by atoms with Gasteiger partial charge in [0.05, 0.1) is 5.69 Å². The van der Waals surface area contributed by atoms with E-state index in [1.807, 2.05) is 0 Å². The van der Waals surface area contributed by atoms with Gasteiger partial charge in [-0.15, -0.1) is 0 Å². The average molecular weight is 726 g/mol. The zero-order valence-corrected chi connectivity index (χ0v) is 31.5. The molecule has 57 heavy (non-hydrogen) atoms. The molecule has 268 valence electrons. The van der Waals surface area contributed by atoms with Crippen molar-refractivity contribution in [1.82, 2.24) is 0 Å². The van der Waals surface area contributed by atoms with Crippen LogP contribution in [0.3, 0.4) is 0 Å². The zero-order valence-electron chi connectivity index (χ0n) is 31.5. The van der Waals surface area contributed by atoms with Gasteiger partial charge in [-0.05, 0) is 108 Å². The molecular weight excluding hydrogens is 687 g/mol. The third-order valence-electron chi connectivity index (χ3n) is 11.1. The lowest BCUT2D eigenvalue weighted by atomic mass is 9.88. The number of anilines is 3. The second-order valence-electron chi connectivity index (χ2n) is 14.5. The van der Waals surface area contributed by atoms with Crippen LogP contribution in [0.1, 0.15) is 0 Å². The number of hydrogen-bond donors (Lipinski definition) is 0. The Hall–Kier alpha value is -7.48. The SMILES string of the molecule is c1ccc(-c2ccc(N(c3ccc(-c4ccc5c(ccc6ccccc65)c4)cc3)c3ccccc3-c3ccccc3-c3ccccc3-c3ccccc3)cc2)cc1. The minimum absolute atomic E-state index is 1.09. The molecule has 0 aliphatic heterocycles. The summed E-state index contributed by atoms with van der Waals surface area (Å²) in [6.07, 6.45) is 0. The molecule has 10 aromatic rings. The first-order valence-electron chi connectivity index (χ1n) is 19.6. The van der Waals surface area contributed by atoms with Crippen LogP contribution in [0.25, 0.3) is 77.2 Å². The summed E-state index contributed by atoms with van der Waals surface area (Å²) in [5.41, 5.74) is 15.2. The van der Waals surface area contributed by atoms with Crippen molar-refractivity contribution >= 4 is 38.6 Å². The molecule has 0 amide bonds. The summed E-state index contributed by atoms with van der Waals surface area (Å²) in [5.74, 6) is 0. The third-order valence-corrected chi connectivity index (χ3v) is 11.1. The standard InChI is InChI=1S/C56H39N/c1-3-15-40(16-4-1)41-29-34-47(35-30-41)57(48-36-31-42(32-37-48)45-33-38-51-46(39-45)28-27-44-19-7-8-20-49(44)51)56-26-14-13-25-55(56)54-24-12-11-23-53(54)52-22-10-9-21-50(52)43-17-5-2-6-18-43/h1-39H. The molecule has 10 aromatic carbocycles. The van der Waals surface area contributed by atoms with Crippen LogP contribution in [-0.4, -0.2) is 0 Å². The van der Waals surface area contributed by atoms with Crippen LogP contribution in [0.5, 0.6) is 0 Å².